The lowest BCUT2D eigenvalue weighted by atomic mass is 9.89. The summed E-state index contributed by atoms with van der Waals surface area (Å²) in [5.41, 5.74) is -1.23. The maximum absolute atomic E-state index is 12.1. The first-order valence-electron chi connectivity index (χ1n) is 28.3. The van der Waals surface area contributed by atoms with Crippen LogP contribution in [0.5, 0.6) is 0 Å². The van der Waals surface area contributed by atoms with E-state index in [0.29, 0.717) is 64.2 Å². The minimum Gasteiger partial charge on any atom is -0.457 e. The first-order valence-corrected chi connectivity index (χ1v) is 34.2. The molecule has 8 aliphatic heterocycles. The molecule has 0 aromatic heterocycles. The summed E-state index contributed by atoms with van der Waals surface area (Å²) in [6, 6.07) is 0. The van der Waals surface area contributed by atoms with Gasteiger partial charge in [0.05, 0.1) is 45.4 Å². The molecule has 8 heterocycles. The van der Waals surface area contributed by atoms with Gasteiger partial charge in [-0.05, 0) is 91.9 Å². The van der Waals surface area contributed by atoms with Crippen molar-refractivity contribution in [3.05, 3.63) is 0 Å². The summed E-state index contributed by atoms with van der Waals surface area (Å²) in [4.78, 5) is 71.0. The van der Waals surface area contributed by atoms with Crippen molar-refractivity contribution in [1.29, 1.82) is 0 Å². The van der Waals surface area contributed by atoms with Crippen molar-refractivity contribution in [3.8, 4) is 0 Å². The van der Waals surface area contributed by atoms with Gasteiger partial charge in [-0.3, -0.25) is 35.9 Å². The smallest absolute Gasteiger partial charge is 0.344 e. The Morgan fingerprint density at radius 3 is 1.24 bits per heavy atom. The van der Waals surface area contributed by atoms with E-state index >= 15 is 0 Å². The molecule has 8 saturated heterocycles. The first-order chi connectivity index (χ1) is 38.2. The third kappa shape index (κ3) is 11.7. The van der Waals surface area contributed by atoms with Crippen LogP contribution in [0.4, 0.5) is 0 Å². The van der Waals surface area contributed by atoms with Crippen molar-refractivity contribution in [2.45, 2.75) is 228 Å². The van der Waals surface area contributed by atoms with Crippen LogP contribution in [0.2, 0.25) is 0 Å². The van der Waals surface area contributed by atoms with Gasteiger partial charge in [-0.25, -0.2) is 9.59 Å². The number of carbonyl (C=O) groups excluding carboxylic acids is 6. The van der Waals surface area contributed by atoms with Gasteiger partial charge in [0.15, 0.2) is 25.4 Å². The summed E-state index contributed by atoms with van der Waals surface area (Å²) >= 11 is 0. The highest BCUT2D eigenvalue weighted by Gasteiger charge is 2.70. The maximum atomic E-state index is 12.1. The Hall–Kier alpha value is -3.62. The molecule has 0 aromatic carbocycles. The lowest BCUT2D eigenvalue weighted by Crippen LogP contribution is -2.43. The zero-order valence-corrected chi connectivity index (χ0v) is 50.7. The number of hydrogen-bond acceptors (Lipinski definition) is 26. The molecule has 8 bridgehead atoms. The Bertz CT molecular complexity index is 2980. The number of esters is 6. The van der Waals surface area contributed by atoms with Crippen LogP contribution >= 0.6 is 0 Å². The summed E-state index contributed by atoms with van der Waals surface area (Å²) < 4.78 is 157. The van der Waals surface area contributed by atoms with E-state index in [-0.39, 0.29) is 59.7 Å². The molecule has 12 fully saturated rings. The van der Waals surface area contributed by atoms with E-state index < -0.39 is 170 Å². The van der Waals surface area contributed by atoms with Crippen molar-refractivity contribution in [1.82, 2.24) is 0 Å². The molecular formula is C52H76O26S4. The van der Waals surface area contributed by atoms with Crippen molar-refractivity contribution in [2.75, 3.05) is 13.2 Å². The standard InChI is InChI=1S/C15H22O7S.C14H20O7S.C12H18O6S.C11H16O6S/c1-4-15(2,3)14(17)20-7-11(16)21-12-8-5-9-10(6-8)23(18,19)22-13(9)12;1-3-7(2)14(16)19-6-11(15)20-12-8-4-9-10(5-8)22(17,18)21-13(9)12;1-4-12(2,3)11(13)17-8-6-5-7-9(16-6)10(8)18-19(7,14)15;1-3-5(2)11(12)16-8-6-4-7-9(15-6)10(8)17-18(7,13)14/h8-10,12-13H,4-7H2,1-3H3;7-10,12-13H,3-6H2,1-2H3;6-10H,4-5H2,1-3H3;5-10H,3-4H2,1-2H3. The molecule has 82 heavy (non-hydrogen) atoms. The number of fused-ring (bicyclic) bond motifs is 4. The average Bonchev–Trinajstić information content (AvgIpc) is 4.44. The molecule has 464 valence electrons. The number of ether oxygens (including phenoxy) is 8. The molecule has 0 N–H and O–H groups in total. The number of hydrogen-bond donors (Lipinski definition) is 0. The molecule has 4 saturated carbocycles. The van der Waals surface area contributed by atoms with Gasteiger partial charge in [0, 0.05) is 23.7 Å². The average molecular weight is 1250 g/mol. The van der Waals surface area contributed by atoms with E-state index in [4.69, 9.17) is 54.6 Å². The summed E-state index contributed by atoms with van der Waals surface area (Å²) in [5.74, 6) is -3.44. The van der Waals surface area contributed by atoms with Gasteiger partial charge in [0.25, 0.3) is 40.5 Å². The predicted molar refractivity (Wildman–Crippen MR) is 278 cm³/mol. The minimum atomic E-state index is -3.56. The van der Waals surface area contributed by atoms with Gasteiger partial charge in [-0.15, -0.1) is 0 Å². The summed E-state index contributed by atoms with van der Waals surface area (Å²) in [6.45, 7) is 17.2. The summed E-state index contributed by atoms with van der Waals surface area (Å²) in [7, 11) is -14.1. The molecule has 0 amide bonds. The van der Waals surface area contributed by atoms with Gasteiger partial charge in [-0.2, -0.15) is 33.7 Å². The topological polar surface area (TPSA) is 350 Å². The van der Waals surface area contributed by atoms with Crippen LogP contribution in [0.3, 0.4) is 0 Å². The van der Waals surface area contributed by atoms with Crippen LogP contribution in [0.25, 0.3) is 0 Å². The fourth-order valence-electron chi connectivity index (χ4n) is 12.9. The predicted octanol–water partition coefficient (Wildman–Crippen LogP) is 2.45. The molecule has 12 rings (SSSR count). The third-order valence-corrected chi connectivity index (χ3v) is 25.9. The Morgan fingerprint density at radius 2 is 0.817 bits per heavy atom. The zero-order chi connectivity index (χ0) is 60.1. The largest absolute Gasteiger partial charge is 0.457 e. The molecule has 0 radical (unpaired) electrons. The lowest BCUT2D eigenvalue weighted by Gasteiger charge is -2.27. The van der Waals surface area contributed by atoms with E-state index in [1.807, 2.05) is 27.7 Å². The molecule has 4 aliphatic carbocycles. The van der Waals surface area contributed by atoms with E-state index in [1.54, 1.807) is 41.5 Å². The number of rotatable bonds is 16. The Labute approximate surface area is 478 Å². The van der Waals surface area contributed by atoms with E-state index in [0.717, 1.165) is 0 Å². The molecule has 0 aromatic rings. The van der Waals surface area contributed by atoms with Crippen molar-refractivity contribution < 1.29 is 117 Å². The van der Waals surface area contributed by atoms with Crippen LogP contribution in [-0.4, -0.2) is 177 Å². The second-order valence-corrected chi connectivity index (χ2v) is 32.0. The van der Waals surface area contributed by atoms with Crippen molar-refractivity contribution in [3.63, 3.8) is 0 Å². The van der Waals surface area contributed by atoms with Crippen LogP contribution in [0.1, 0.15) is 133 Å². The van der Waals surface area contributed by atoms with Crippen LogP contribution < -0.4 is 0 Å². The SMILES string of the molecule is CCC(C)(C)C(=O)OC1C2CC3C(O2)C1OS3(=O)=O.CCC(C)(C)C(=O)OCC(=O)OC1C2CC3C1OS(=O)(=O)C3C2.CCC(C)C(=O)OC1C2CC3C(O2)C1OS3(=O)=O.CCC(C)C(=O)OCC(=O)OC1C2CC3C1OS(=O)(=O)C3C2. The third-order valence-electron chi connectivity index (χ3n) is 19.0. The monoisotopic (exact) mass is 1240 g/mol. The van der Waals surface area contributed by atoms with Crippen LogP contribution in [0.15, 0.2) is 0 Å². The summed E-state index contributed by atoms with van der Waals surface area (Å²) in [5, 5.41) is -2.06. The molecule has 0 spiro atoms. The molecule has 12 aliphatic rings. The van der Waals surface area contributed by atoms with Crippen LogP contribution in [0, 0.1) is 46.3 Å². The zero-order valence-electron chi connectivity index (χ0n) is 47.4. The molecule has 26 nitrogen and oxygen atoms in total. The Kier molecular flexibility index (Phi) is 17.6. The van der Waals surface area contributed by atoms with Gasteiger partial charge < -0.3 is 37.9 Å². The molecule has 30 heteroatoms. The van der Waals surface area contributed by atoms with Gasteiger partial charge in [-0.1, -0.05) is 41.5 Å². The normalized spacial score (nSPS) is 40.5. The van der Waals surface area contributed by atoms with E-state index in [1.165, 1.54) is 0 Å². The lowest BCUT2D eigenvalue weighted by molar-refractivity contribution is -0.171. The molecular weight excluding hydrogens is 1170 g/mol. The highest BCUT2D eigenvalue weighted by Crippen LogP contribution is 2.57. The maximum Gasteiger partial charge on any atom is 0.344 e. The van der Waals surface area contributed by atoms with E-state index in [9.17, 15) is 62.4 Å². The van der Waals surface area contributed by atoms with Crippen LogP contribution in [-0.2, 0) is 124 Å². The van der Waals surface area contributed by atoms with Gasteiger partial charge in [0.2, 0.25) is 0 Å². The quantitative estimate of drug-likeness (QED) is 0.122. The second kappa shape index (κ2) is 22.9. The molecule has 22 atom stereocenters. The fourth-order valence-corrected chi connectivity index (χ4v) is 20.0. The highest BCUT2D eigenvalue weighted by molar-refractivity contribution is 7.88. The van der Waals surface area contributed by atoms with Gasteiger partial charge >= 0.3 is 35.8 Å². The fraction of sp³-hybridized carbons (Fsp3) is 0.885. The Morgan fingerprint density at radius 1 is 0.439 bits per heavy atom. The highest BCUT2D eigenvalue weighted by atomic mass is 32.2. The first kappa shape index (κ1) is 62.9. The molecule has 22 unspecified atom stereocenters. The Balaban J connectivity index is 0.000000132. The minimum absolute atomic E-state index is 0.0130. The van der Waals surface area contributed by atoms with E-state index in [2.05, 4.69) is 0 Å². The van der Waals surface area contributed by atoms with Gasteiger partial charge in [0.1, 0.15) is 59.3 Å². The number of carbonyl (C=O) groups is 6. The summed E-state index contributed by atoms with van der Waals surface area (Å²) in [6.07, 6.45) is -0.700. The second-order valence-electron chi connectivity index (χ2n) is 24.9. The van der Waals surface area contributed by atoms with Crippen molar-refractivity contribution >= 4 is 76.3 Å². The van der Waals surface area contributed by atoms with Crippen molar-refractivity contribution in [2.24, 2.45) is 46.3 Å².